The van der Waals surface area contributed by atoms with E-state index >= 15 is 0 Å². The summed E-state index contributed by atoms with van der Waals surface area (Å²) < 4.78 is 9.81. The topological polar surface area (TPSA) is 160 Å². The minimum atomic E-state index is -0.453. The zero-order valence-corrected chi connectivity index (χ0v) is 25.9. The van der Waals surface area contributed by atoms with E-state index in [0.717, 1.165) is 74.8 Å². The van der Waals surface area contributed by atoms with Gasteiger partial charge in [0.25, 0.3) is 5.56 Å². The molecule has 3 aliphatic rings. The van der Waals surface area contributed by atoms with Crippen molar-refractivity contribution < 1.29 is 4.52 Å². The second-order valence-corrected chi connectivity index (χ2v) is 13.7. The highest BCUT2D eigenvalue weighted by atomic mass is 32.1. The van der Waals surface area contributed by atoms with Crippen molar-refractivity contribution in [2.45, 2.75) is 75.8 Å². The second-order valence-electron chi connectivity index (χ2n) is 12.6. The zero-order valence-electron chi connectivity index (χ0n) is 25.1. The highest BCUT2D eigenvalue weighted by Gasteiger charge is 2.49. The van der Waals surface area contributed by atoms with Crippen molar-refractivity contribution >= 4 is 27.4 Å². The molecule has 8 rings (SSSR count). The molecule has 0 amide bonds. The number of hydrogen-bond donors (Lipinski definition) is 2. The van der Waals surface area contributed by atoms with Gasteiger partial charge in [-0.05, 0) is 83.5 Å². The summed E-state index contributed by atoms with van der Waals surface area (Å²) in [5, 5.41) is 25.1. The number of aromatic nitrogens is 7. The number of nitriles is 1. The Balaban J connectivity index is 1.31. The maximum Gasteiger partial charge on any atom is 0.263 e. The Morgan fingerprint density at radius 3 is 2.75 bits per heavy atom. The molecule has 5 aromatic heterocycles. The first-order valence-corrected chi connectivity index (χ1v) is 16.2. The van der Waals surface area contributed by atoms with E-state index in [1.807, 2.05) is 24.0 Å². The van der Waals surface area contributed by atoms with E-state index in [-0.39, 0.29) is 17.6 Å². The van der Waals surface area contributed by atoms with Crippen LogP contribution in [0.15, 0.2) is 21.6 Å². The molecule has 3 unspecified atom stereocenters. The van der Waals surface area contributed by atoms with E-state index in [1.54, 1.807) is 4.68 Å². The number of anilines is 1. The number of likely N-dealkylation sites (tertiary alicyclic amines) is 1. The Hall–Kier alpha value is -4.28. The predicted molar refractivity (Wildman–Crippen MR) is 166 cm³/mol. The lowest BCUT2D eigenvalue weighted by molar-refractivity contribution is 0.232. The Bertz CT molecular complexity index is 2040. The Kier molecular flexibility index (Phi) is 6.12. The number of fused-ring (bicyclic) bond motifs is 5. The third kappa shape index (κ3) is 3.80. The second kappa shape index (κ2) is 9.87. The Morgan fingerprint density at radius 2 is 2.02 bits per heavy atom. The number of aryl methyl sites for hydroxylation is 2. The Labute approximate surface area is 257 Å². The maximum absolute atomic E-state index is 13.9. The van der Waals surface area contributed by atoms with Gasteiger partial charge in [0.15, 0.2) is 22.9 Å². The van der Waals surface area contributed by atoms with Gasteiger partial charge in [-0.1, -0.05) is 5.16 Å². The summed E-state index contributed by atoms with van der Waals surface area (Å²) in [5.41, 5.74) is 10.3. The van der Waals surface area contributed by atoms with Crippen molar-refractivity contribution in [2.75, 3.05) is 19.3 Å². The van der Waals surface area contributed by atoms with Crippen LogP contribution in [-0.2, 0) is 25.3 Å². The quantitative estimate of drug-likeness (QED) is 0.302. The zero-order chi connectivity index (χ0) is 30.3. The van der Waals surface area contributed by atoms with Crippen LogP contribution in [0.5, 0.6) is 0 Å². The molecule has 3 N–H and O–H groups in total. The number of hydrogen-bond acceptors (Lipinski definition) is 10. The monoisotopic (exact) mass is 610 g/mol. The molecule has 13 heteroatoms. The van der Waals surface area contributed by atoms with Crippen LogP contribution in [0.2, 0.25) is 0 Å². The van der Waals surface area contributed by atoms with E-state index in [2.05, 4.69) is 40.2 Å². The molecule has 1 fully saturated rings. The molecule has 5 aromatic rings. The number of rotatable bonds is 4. The van der Waals surface area contributed by atoms with Gasteiger partial charge in [-0.3, -0.25) is 9.48 Å². The van der Waals surface area contributed by atoms with E-state index in [1.165, 1.54) is 16.2 Å². The minimum absolute atomic E-state index is 0.0202. The number of aromatic amines is 1. The summed E-state index contributed by atoms with van der Waals surface area (Å²) >= 11 is 1.52. The van der Waals surface area contributed by atoms with Crippen molar-refractivity contribution in [3.63, 3.8) is 0 Å². The summed E-state index contributed by atoms with van der Waals surface area (Å²) in [5.74, 6) is 1.15. The minimum Gasteiger partial charge on any atom is -0.389 e. The third-order valence-corrected chi connectivity index (χ3v) is 11.2. The third-order valence-electron chi connectivity index (χ3n) is 10.1. The molecule has 1 aliphatic heterocycles. The van der Waals surface area contributed by atoms with Crippen molar-refractivity contribution in [3.8, 4) is 29.0 Å². The van der Waals surface area contributed by atoms with Crippen LogP contribution in [0.25, 0.3) is 33.9 Å². The summed E-state index contributed by atoms with van der Waals surface area (Å²) in [6.45, 7) is 3.17. The smallest absolute Gasteiger partial charge is 0.263 e. The lowest BCUT2D eigenvalue weighted by atomic mass is 9.63. The molecule has 0 aromatic carbocycles. The molecule has 3 atom stereocenters. The fourth-order valence-electron chi connectivity index (χ4n) is 8.10. The van der Waals surface area contributed by atoms with E-state index < -0.39 is 5.41 Å². The molecule has 2 aliphatic carbocycles. The van der Waals surface area contributed by atoms with Crippen LogP contribution >= 0.6 is 11.3 Å². The first-order valence-electron chi connectivity index (χ1n) is 15.3. The van der Waals surface area contributed by atoms with E-state index in [9.17, 15) is 10.1 Å². The summed E-state index contributed by atoms with van der Waals surface area (Å²) in [4.78, 5) is 25.6. The van der Waals surface area contributed by atoms with E-state index in [4.69, 9.17) is 20.3 Å². The van der Waals surface area contributed by atoms with Crippen LogP contribution in [0.3, 0.4) is 0 Å². The van der Waals surface area contributed by atoms with Crippen LogP contribution in [0, 0.1) is 11.3 Å². The predicted octanol–water partition coefficient (Wildman–Crippen LogP) is 4.30. The average Bonchev–Trinajstić information content (AvgIpc) is 3.83. The van der Waals surface area contributed by atoms with Gasteiger partial charge in [-0.25, -0.2) is 9.67 Å². The van der Waals surface area contributed by atoms with Gasteiger partial charge in [0.05, 0.1) is 17.0 Å². The maximum atomic E-state index is 13.9. The highest BCUT2D eigenvalue weighted by molar-refractivity contribution is 7.16. The van der Waals surface area contributed by atoms with Gasteiger partial charge in [-0.15, -0.1) is 11.3 Å². The number of thiophene rings is 1. The summed E-state index contributed by atoms with van der Waals surface area (Å²) in [7, 11) is 3.98. The number of H-pyrrole nitrogens is 1. The molecule has 6 heterocycles. The fraction of sp³-hybridized carbons (Fsp3) is 0.484. The summed E-state index contributed by atoms with van der Waals surface area (Å²) in [6.07, 6.45) is 9.28. The standard InChI is InChI=1S/C31H34N10O2S/c1-16(20-8-6-13-39(20)2)41-29-22(25(37-41)19-10-14-40(3)36-19)30(42)35-28(34-29)24-17-7-4-11-31(26(17)43-38-24)12-5-9-21-23(31)18(15-32)27(33)44-21/h10,14,16,20H,4-9,11-13,33H2,1-3H3,(H,34,35,42). The van der Waals surface area contributed by atoms with Gasteiger partial charge >= 0.3 is 0 Å². The van der Waals surface area contributed by atoms with Crippen molar-refractivity contribution in [2.24, 2.45) is 7.05 Å². The van der Waals surface area contributed by atoms with Gasteiger partial charge in [0, 0.05) is 29.7 Å². The van der Waals surface area contributed by atoms with Gasteiger partial charge in [-0.2, -0.15) is 15.5 Å². The number of nitrogens with two attached hydrogens (primary N) is 1. The van der Waals surface area contributed by atoms with Gasteiger partial charge in [0.1, 0.15) is 27.8 Å². The fourth-order valence-corrected chi connectivity index (χ4v) is 9.26. The molecule has 1 spiro atoms. The number of nitrogens with one attached hydrogen (secondary N) is 1. The first kappa shape index (κ1) is 27.3. The van der Waals surface area contributed by atoms with Crippen LogP contribution in [-0.4, -0.2) is 59.2 Å². The lowest BCUT2D eigenvalue weighted by Crippen LogP contribution is -2.35. The number of likely N-dealkylation sites (N-methyl/N-ethyl adjacent to an activating group) is 1. The molecule has 1 saturated heterocycles. The molecule has 0 bridgehead atoms. The molecular formula is C31H34N10O2S. The van der Waals surface area contributed by atoms with Crippen LogP contribution in [0.4, 0.5) is 5.00 Å². The molecule has 226 valence electrons. The number of nitrogens with zero attached hydrogens (tertiary/aromatic N) is 8. The first-order chi connectivity index (χ1) is 21.3. The molecule has 0 radical (unpaired) electrons. The summed E-state index contributed by atoms with van der Waals surface area (Å²) in [6, 6.07) is 4.49. The van der Waals surface area contributed by atoms with E-state index in [0.29, 0.717) is 44.5 Å². The van der Waals surface area contributed by atoms with Crippen molar-refractivity contribution in [1.82, 2.24) is 39.6 Å². The molecular weight excluding hydrogens is 576 g/mol. The van der Waals surface area contributed by atoms with Crippen LogP contribution < -0.4 is 11.3 Å². The van der Waals surface area contributed by atoms with Gasteiger partial charge in [0.2, 0.25) is 0 Å². The van der Waals surface area contributed by atoms with Crippen molar-refractivity contribution in [3.05, 3.63) is 49.9 Å². The SMILES string of the molecule is CC(C1CCCN1C)n1nc(-c2ccn(C)n2)c2c(=O)[nH]c(-c3noc4c3CCCC43CCCc4sc(N)c(C#N)c43)nc21. The largest absolute Gasteiger partial charge is 0.389 e. The lowest BCUT2D eigenvalue weighted by Gasteiger charge is -2.39. The molecule has 44 heavy (non-hydrogen) atoms. The molecule has 12 nitrogen and oxygen atoms in total. The Morgan fingerprint density at radius 1 is 1.20 bits per heavy atom. The average molecular weight is 611 g/mol. The number of nitrogen functional groups attached to an aromatic ring is 1. The van der Waals surface area contributed by atoms with Crippen LogP contribution in [0.1, 0.15) is 78.8 Å². The molecule has 0 saturated carbocycles. The highest BCUT2D eigenvalue weighted by Crippen LogP contribution is 2.55. The van der Waals surface area contributed by atoms with Gasteiger partial charge < -0.3 is 20.1 Å². The van der Waals surface area contributed by atoms with Crippen molar-refractivity contribution in [1.29, 1.82) is 5.26 Å². The normalized spacial score (nSPS) is 22.4.